The van der Waals surface area contributed by atoms with Crippen molar-refractivity contribution < 1.29 is 9.53 Å². The molecule has 66 valence electrons. The highest BCUT2D eigenvalue weighted by atomic mass is 16.5. The Hall–Kier alpha value is -1.52. The second kappa shape index (κ2) is 3.75. The number of anilines is 1. The standard InChI is InChI=1S/C7H11N3O2/c1-3-12-7(11)10-6-8-4-5(2)9-6/h4H,3H2,1-2H3,(H2,8,9,10,11). The third-order valence-electron chi connectivity index (χ3n) is 1.20. The molecule has 0 aromatic carbocycles. The van der Waals surface area contributed by atoms with Crippen LogP contribution in [0.2, 0.25) is 0 Å². The van der Waals surface area contributed by atoms with Gasteiger partial charge in [-0.1, -0.05) is 0 Å². The second-order valence-electron chi connectivity index (χ2n) is 2.26. The quantitative estimate of drug-likeness (QED) is 0.700. The summed E-state index contributed by atoms with van der Waals surface area (Å²) in [6.07, 6.45) is 1.13. The van der Waals surface area contributed by atoms with Gasteiger partial charge in [-0.25, -0.2) is 9.78 Å². The Morgan fingerprint density at radius 1 is 1.83 bits per heavy atom. The van der Waals surface area contributed by atoms with Crippen molar-refractivity contribution in [3.63, 3.8) is 0 Å². The van der Waals surface area contributed by atoms with Crippen molar-refractivity contribution in [3.8, 4) is 0 Å². The maximum atomic E-state index is 10.8. The van der Waals surface area contributed by atoms with Crippen molar-refractivity contribution in [3.05, 3.63) is 11.9 Å². The van der Waals surface area contributed by atoms with Gasteiger partial charge in [0.15, 0.2) is 0 Å². The monoisotopic (exact) mass is 169 g/mol. The number of nitrogens with zero attached hydrogens (tertiary/aromatic N) is 1. The number of carbonyl (C=O) groups is 1. The zero-order valence-corrected chi connectivity index (χ0v) is 7.05. The van der Waals surface area contributed by atoms with Gasteiger partial charge in [0.25, 0.3) is 0 Å². The first-order chi connectivity index (χ1) is 5.72. The number of ether oxygens (including phenoxy) is 1. The Morgan fingerprint density at radius 2 is 2.58 bits per heavy atom. The lowest BCUT2D eigenvalue weighted by Gasteiger charge is -2.00. The third kappa shape index (κ3) is 2.26. The van der Waals surface area contributed by atoms with Crippen LogP contribution in [-0.4, -0.2) is 22.7 Å². The molecular formula is C7H11N3O2. The number of aromatic nitrogens is 2. The van der Waals surface area contributed by atoms with Gasteiger partial charge < -0.3 is 9.72 Å². The predicted molar refractivity (Wildman–Crippen MR) is 44.0 cm³/mol. The Morgan fingerprint density at radius 3 is 3.08 bits per heavy atom. The fourth-order valence-corrected chi connectivity index (χ4v) is 0.740. The largest absolute Gasteiger partial charge is 0.450 e. The molecule has 0 aliphatic carbocycles. The van der Waals surface area contributed by atoms with Crippen molar-refractivity contribution in [1.29, 1.82) is 0 Å². The summed E-state index contributed by atoms with van der Waals surface area (Å²) in [6.45, 7) is 3.95. The SMILES string of the molecule is CCOC(=O)Nc1ncc(C)[nH]1. The minimum atomic E-state index is -0.494. The molecule has 0 spiro atoms. The first-order valence-electron chi connectivity index (χ1n) is 3.67. The lowest BCUT2D eigenvalue weighted by Crippen LogP contribution is -2.14. The zero-order chi connectivity index (χ0) is 8.97. The average molecular weight is 169 g/mol. The van der Waals surface area contributed by atoms with Crippen LogP contribution in [0, 0.1) is 6.92 Å². The molecule has 0 aliphatic rings. The Balaban J connectivity index is 2.46. The van der Waals surface area contributed by atoms with E-state index in [4.69, 9.17) is 0 Å². The maximum Gasteiger partial charge on any atom is 0.413 e. The number of amides is 1. The number of carbonyl (C=O) groups excluding carboxylic acids is 1. The molecule has 0 radical (unpaired) electrons. The third-order valence-corrected chi connectivity index (χ3v) is 1.20. The summed E-state index contributed by atoms with van der Waals surface area (Å²) in [6, 6.07) is 0. The van der Waals surface area contributed by atoms with Gasteiger partial charge in [-0.15, -0.1) is 0 Å². The second-order valence-corrected chi connectivity index (χ2v) is 2.26. The van der Waals surface area contributed by atoms with Gasteiger partial charge in [0.2, 0.25) is 5.95 Å². The Bertz CT molecular complexity index is 269. The molecule has 0 fully saturated rings. The van der Waals surface area contributed by atoms with Crippen LogP contribution in [0.1, 0.15) is 12.6 Å². The van der Waals surface area contributed by atoms with Crippen molar-refractivity contribution in [2.45, 2.75) is 13.8 Å². The van der Waals surface area contributed by atoms with Gasteiger partial charge in [-0.05, 0) is 13.8 Å². The highest BCUT2D eigenvalue weighted by Crippen LogP contribution is 2.00. The van der Waals surface area contributed by atoms with Gasteiger partial charge in [0.05, 0.1) is 6.61 Å². The van der Waals surface area contributed by atoms with Crippen LogP contribution in [0.4, 0.5) is 10.7 Å². The van der Waals surface area contributed by atoms with E-state index >= 15 is 0 Å². The van der Waals surface area contributed by atoms with E-state index in [1.807, 2.05) is 6.92 Å². The minimum Gasteiger partial charge on any atom is -0.450 e. The zero-order valence-electron chi connectivity index (χ0n) is 7.05. The van der Waals surface area contributed by atoms with E-state index < -0.39 is 6.09 Å². The number of hydrogen-bond acceptors (Lipinski definition) is 3. The van der Waals surface area contributed by atoms with Crippen LogP contribution in [0.3, 0.4) is 0 Å². The number of aromatic amines is 1. The molecule has 1 amide bonds. The molecule has 12 heavy (non-hydrogen) atoms. The van der Waals surface area contributed by atoms with E-state index in [1.165, 1.54) is 0 Å². The summed E-state index contributed by atoms with van der Waals surface area (Å²) in [4.78, 5) is 17.5. The molecule has 0 aliphatic heterocycles. The molecule has 2 N–H and O–H groups in total. The highest BCUT2D eigenvalue weighted by Gasteiger charge is 2.02. The topological polar surface area (TPSA) is 67.0 Å². The first-order valence-corrected chi connectivity index (χ1v) is 3.67. The summed E-state index contributed by atoms with van der Waals surface area (Å²) >= 11 is 0. The van der Waals surface area contributed by atoms with Crippen molar-refractivity contribution in [2.24, 2.45) is 0 Å². The summed E-state index contributed by atoms with van der Waals surface area (Å²) in [5, 5.41) is 2.44. The number of imidazole rings is 1. The van der Waals surface area contributed by atoms with Crippen LogP contribution < -0.4 is 5.32 Å². The molecule has 5 heteroatoms. The molecule has 1 aromatic rings. The van der Waals surface area contributed by atoms with Crippen LogP contribution >= 0.6 is 0 Å². The fraction of sp³-hybridized carbons (Fsp3) is 0.429. The van der Waals surface area contributed by atoms with Crippen molar-refractivity contribution >= 4 is 12.0 Å². The normalized spacial score (nSPS) is 9.50. The average Bonchev–Trinajstić information content (AvgIpc) is 2.36. The van der Waals surface area contributed by atoms with Crippen LogP contribution in [0.25, 0.3) is 0 Å². The van der Waals surface area contributed by atoms with E-state index in [2.05, 4.69) is 20.0 Å². The summed E-state index contributed by atoms with van der Waals surface area (Å²) in [7, 11) is 0. The van der Waals surface area contributed by atoms with E-state index in [0.717, 1.165) is 5.69 Å². The molecule has 0 saturated heterocycles. The lowest BCUT2D eigenvalue weighted by molar-refractivity contribution is 0.167. The Labute approximate surface area is 70.1 Å². The van der Waals surface area contributed by atoms with Gasteiger partial charge in [0.1, 0.15) is 0 Å². The van der Waals surface area contributed by atoms with Crippen LogP contribution in [0.15, 0.2) is 6.20 Å². The minimum absolute atomic E-state index is 0.353. The molecule has 0 unspecified atom stereocenters. The molecule has 0 saturated carbocycles. The van der Waals surface area contributed by atoms with Gasteiger partial charge >= 0.3 is 6.09 Å². The summed E-state index contributed by atoms with van der Waals surface area (Å²) in [5.41, 5.74) is 0.891. The van der Waals surface area contributed by atoms with Gasteiger partial charge in [-0.3, -0.25) is 5.32 Å². The van der Waals surface area contributed by atoms with Crippen molar-refractivity contribution in [2.75, 3.05) is 11.9 Å². The van der Waals surface area contributed by atoms with Gasteiger partial charge in [0, 0.05) is 11.9 Å². The number of nitrogens with one attached hydrogen (secondary N) is 2. The molecule has 0 atom stereocenters. The molecule has 5 nitrogen and oxygen atoms in total. The maximum absolute atomic E-state index is 10.8. The lowest BCUT2D eigenvalue weighted by atomic mass is 10.6. The van der Waals surface area contributed by atoms with E-state index in [-0.39, 0.29) is 0 Å². The number of hydrogen-bond donors (Lipinski definition) is 2. The van der Waals surface area contributed by atoms with Crippen LogP contribution in [0.5, 0.6) is 0 Å². The smallest absolute Gasteiger partial charge is 0.413 e. The molecule has 1 rings (SSSR count). The molecular weight excluding hydrogens is 158 g/mol. The summed E-state index contributed by atoms with van der Waals surface area (Å²) < 4.78 is 4.65. The molecule has 1 aromatic heterocycles. The van der Waals surface area contributed by atoms with E-state index in [9.17, 15) is 4.79 Å². The van der Waals surface area contributed by atoms with Crippen molar-refractivity contribution in [1.82, 2.24) is 9.97 Å². The highest BCUT2D eigenvalue weighted by molar-refractivity contribution is 5.82. The van der Waals surface area contributed by atoms with Crippen LogP contribution in [-0.2, 0) is 4.74 Å². The summed E-state index contributed by atoms with van der Waals surface area (Å²) in [5.74, 6) is 0.408. The van der Waals surface area contributed by atoms with Gasteiger partial charge in [-0.2, -0.15) is 0 Å². The number of aryl methyl sites for hydroxylation is 1. The molecule has 0 bridgehead atoms. The fourth-order valence-electron chi connectivity index (χ4n) is 0.740. The first kappa shape index (κ1) is 8.58. The van der Waals surface area contributed by atoms with E-state index in [1.54, 1.807) is 13.1 Å². The van der Waals surface area contributed by atoms with E-state index in [0.29, 0.717) is 12.6 Å². The number of rotatable bonds is 2. The predicted octanol–water partition coefficient (Wildman–Crippen LogP) is 1.29. The molecule has 1 heterocycles. The number of H-pyrrole nitrogens is 1. The Kier molecular flexibility index (Phi) is 2.68.